The van der Waals surface area contributed by atoms with Gasteiger partial charge in [-0.15, -0.1) is 10.2 Å². The molecule has 1 aliphatic heterocycles. The normalized spacial score (nSPS) is 16.2. The summed E-state index contributed by atoms with van der Waals surface area (Å²) in [6.07, 6.45) is 1.46. The number of ketones is 1. The number of aryl methyl sites for hydroxylation is 1. The van der Waals surface area contributed by atoms with Gasteiger partial charge in [0.2, 0.25) is 5.13 Å². The second-order valence-corrected chi connectivity index (χ2v) is 11.8. The van der Waals surface area contributed by atoms with Crippen LogP contribution in [-0.4, -0.2) is 27.0 Å². The zero-order valence-electron chi connectivity index (χ0n) is 22.5. The highest BCUT2D eigenvalue weighted by atomic mass is 32.2. The van der Waals surface area contributed by atoms with E-state index in [2.05, 4.69) is 16.3 Å². The Morgan fingerprint density at radius 1 is 0.976 bits per heavy atom. The van der Waals surface area contributed by atoms with Crippen LogP contribution in [0.1, 0.15) is 34.1 Å². The summed E-state index contributed by atoms with van der Waals surface area (Å²) < 4.78 is 12.2. The molecular weight excluding hydrogens is 571 g/mol. The first-order valence-electron chi connectivity index (χ1n) is 13.1. The van der Waals surface area contributed by atoms with Gasteiger partial charge in [0, 0.05) is 11.3 Å². The second kappa shape index (κ2) is 12.1. The minimum atomic E-state index is -1.00. The first-order valence-corrected chi connectivity index (χ1v) is 14.9. The molecule has 5 aromatic rings. The zero-order valence-corrected chi connectivity index (χ0v) is 24.1. The number of nitrogens with zero attached hydrogens (tertiary/aromatic N) is 3. The molecule has 1 aliphatic rings. The van der Waals surface area contributed by atoms with Crippen molar-refractivity contribution in [1.29, 1.82) is 0 Å². The lowest BCUT2D eigenvalue weighted by atomic mass is 9.99. The summed E-state index contributed by atoms with van der Waals surface area (Å²) in [5, 5.41) is 20.1. The molecule has 8 nitrogen and oxygen atoms in total. The van der Waals surface area contributed by atoms with Gasteiger partial charge >= 0.3 is 5.91 Å². The van der Waals surface area contributed by atoms with E-state index >= 15 is 0 Å². The quantitative estimate of drug-likeness (QED) is 0.0643. The van der Waals surface area contributed by atoms with E-state index in [4.69, 9.17) is 9.15 Å². The minimum absolute atomic E-state index is 0.0860. The van der Waals surface area contributed by atoms with Gasteiger partial charge in [-0.25, -0.2) is 0 Å². The molecule has 1 amide bonds. The topological polar surface area (TPSA) is 106 Å². The van der Waals surface area contributed by atoms with Gasteiger partial charge in [0.1, 0.15) is 29.9 Å². The van der Waals surface area contributed by atoms with Gasteiger partial charge in [-0.1, -0.05) is 83.3 Å². The van der Waals surface area contributed by atoms with Crippen molar-refractivity contribution in [2.24, 2.45) is 0 Å². The van der Waals surface area contributed by atoms with Gasteiger partial charge in [-0.05, 0) is 54.4 Å². The van der Waals surface area contributed by atoms with Crippen molar-refractivity contribution >= 4 is 45.7 Å². The molecule has 1 unspecified atom stereocenters. The monoisotopic (exact) mass is 595 g/mol. The maximum atomic E-state index is 13.4. The predicted molar refractivity (Wildman–Crippen MR) is 161 cm³/mol. The maximum absolute atomic E-state index is 13.4. The highest BCUT2D eigenvalue weighted by Gasteiger charge is 2.49. The van der Waals surface area contributed by atoms with E-state index in [1.54, 1.807) is 36.4 Å². The first kappa shape index (κ1) is 27.5. The van der Waals surface area contributed by atoms with Crippen LogP contribution in [-0.2, 0) is 21.9 Å². The Kier molecular flexibility index (Phi) is 7.89. The molecule has 210 valence electrons. The third kappa shape index (κ3) is 5.72. The van der Waals surface area contributed by atoms with E-state index in [0.717, 1.165) is 16.7 Å². The van der Waals surface area contributed by atoms with Gasteiger partial charge in [0.05, 0.1) is 11.8 Å². The molecule has 10 heteroatoms. The Morgan fingerprint density at radius 2 is 1.76 bits per heavy atom. The fourth-order valence-electron chi connectivity index (χ4n) is 4.66. The number of amides is 1. The third-order valence-electron chi connectivity index (χ3n) is 6.68. The summed E-state index contributed by atoms with van der Waals surface area (Å²) in [4.78, 5) is 27.9. The van der Waals surface area contributed by atoms with E-state index in [-0.39, 0.29) is 16.5 Å². The highest BCUT2D eigenvalue weighted by Crippen LogP contribution is 2.44. The van der Waals surface area contributed by atoms with Crippen LogP contribution < -0.4 is 9.64 Å². The van der Waals surface area contributed by atoms with Crippen LogP contribution in [0, 0.1) is 6.92 Å². The number of hydrogen-bond donors (Lipinski definition) is 1. The van der Waals surface area contributed by atoms with Crippen LogP contribution in [0.5, 0.6) is 5.75 Å². The Bertz CT molecular complexity index is 1750. The van der Waals surface area contributed by atoms with Crippen LogP contribution in [0.3, 0.4) is 0 Å². The molecule has 0 radical (unpaired) electrons. The SMILES string of the molecule is Cc1cccc(COc2ccc(/C(O)=C3\C(=O)C(=O)N(c4nnc(SCc5ccccc5)s4)C3c3ccco3)cc2)c1. The molecule has 2 aromatic heterocycles. The Morgan fingerprint density at radius 3 is 2.50 bits per heavy atom. The lowest BCUT2D eigenvalue weighted by Gasteiger charge is -2.20. The third-order valence-corrected chi connectivity index (χ3v) is 8.81. The van der Waals surface area contributed by atoms with E-state index < -0.39 is 17.7 Å². The number of ether oxygens (including phenoxy) is 1. The molecule has 3 aromatic carbocycles. The van der Waals surface area contributed by atoms with Gasteiger partial charge < -0.3 is 14.3 Å². The standard InChI is InChI=1S/C32H25N3O5S2/c1-20-7-5-10-22(17-20)18-40-24-14-12-23(13-15-24)28(36)26-27(25-11-6-16-39-25)35(30(38)29(26)37)31-33-34-32(42-31)41-19-21-8-3-2-4-9-21/h2-17,27,36H,18-19H2,1H3/b28-26+. The number of hydrogen-bond acceptors (Lipinski definition) is 9. The van der Waals surface area contributed by atoms with Crippen LogP contribution >= 0.6 is 23.1 Å². The number of anilines is 1. The molecule has 1 saturated heterocycles. The molecule has 1 fully saturated rings. The van der Waals surface area contributed by atoms with Crippen molar-refractivity contribution < 1.29 is 23.8 Å². The zero-order chi connectivity index (χ0) is 29.1. The summed E-state index contributed by atoms with van der Waals surface area (Å²) in [6.45, 7) is 2.42. The van der Waals surface area contributed by atoms with Crippen molar-refractivity contribution in [2.45, 2.75) is 29.7 Å². The fraction of sp³-hybridized carbons (Fsp3) is 0.125. The lowest BCUT2D eigenvalue weighted by Crippen LogP contribution is -2.29. The Hall–Kier alpha value is -4.67. The predicted octanol–water partition coefficient (Wildman–Crippen LogP) is 6.94. The molecule has 0 saturated carbocycles. The molecular formula is C32H25N3O5S2. The summed E-state index contributed by atoms with van der Waals surface area (Å²) in [5.41, 5.74) is 3.59. The number of furan rings is 1. The van der Waals surface area contributed by atoms with E-state index in [0.29, 0.717) is 33.8 Å². The highest BCUT2D eigenvalue weighted by molar-refractivity contribution is 8.00. The van der Waals surface area contributed by atoms with Crippen molar-refractivity contribution in [3.8, 4) is 5.75 Å². The van der Waals surface area contributed by atoms with Crippen molar-refractivity contribution in [3.63, 3.8) is 0 Å². The second-order valence-electron chi connectivity index (χ2n) is 9.61. The van der Waals surface area contributed by atoms with Gasteiger partial charge in [-0.2, -0.15) is 0 Å². The van der Waals surface area contributed by atoms with E-state index in [1.165, 1.54) is 34.3 Å². The van der Waals surface area contributed by atoms with E-state index in [9.17, 15) is 14.7 Å². The van der Waals surface area contributed by atoms with Gasteiger partial charge in [0.15, 0.2) is 4.34 Å². The van der Waals surface area contributed by atoms with Crippen LogP contribution in [0.25, 0.3) is 5.76 Å². The van der Waals surface area contributed by atoms with Gasteiger partial charge in [0.25, 0.3) is 5.78 Å². The number of aliphatic hydroxyl groups is 1. The number of thioether (sulfide) groups is 1. The molecule has 0 spiro atoms. The number of aromatic nitrogens is 2. The number of carbonyl (C=O) groups is 2. The molecule has 0 bridgehead atoms. The molecule has 42 heavy (non-hydrogen) atoms. The molecule has 3 heterocycles. The lowest BCUT2D eigenvalue weighted by molar-refractivity contribution is -0.132. The molecule has 1 N–H and O–H groups in total. The van der Waals surface area contributed by atoms with Crippen LogP contribution in [0.4, 0.5) is 5.13 Å². The molecule has 6 rings (SSSR count). The average Bonchev–Trinajstić information content (AvgIpc) is 3.76. The summed E-state index contributed by atoms with van der Waals surface area (Å²) in [6, 6.07) is 27.0. The van der Waals surface area contributed by atoms with Crippen LogP contribution in [0.2, 0.25) is 0 Å². The summed E-state index contributed by atoms with van der Waals surface area (Å²) >= 11 is 2.69. The number of aliphatic hydroxyl groups excluding tert-OH is 1. The van der Waals surface area contributed by atoms with Crippen molar-refractivity contribution in [2.75, 3.05) is 4.90 Å². The minimum Gasteiger partial charge on any atom is -0.507 e. The smallest absolute Gasteiger partial charge is 0.302 e. The number of benzene rings is 3. The molecule has 0 aliphatic carbocycles. The van der Waals surface area contributed by atoms with Crippen molar-refractivity contribution in [1.82, 2.24) is 10.2 Å². The fourth-order valence-corrected chi connectivity index (χ4v) is 6.48. The summed E-state index contributed by atoms with van der Waals surface area (Å²) in [7, 11) is 0. The number of carbonyl (C=O) groups excluding carboxylic acids is 2. The van der Waals surface area contributed by atoms with Crippen molar-refractivity contribution in [3.05, 3.63) is 131 Å². The van der Waals surface area contributed by atoms with Crippen LogP contribution in [0.15, 0.2) is 112 Å². The number of Topliss-reactive ketones (excluding diaryl/α,β-unsaturated/α-hetero) is 1. The Labute approximate surface area is 250 Å². The first-order chi connectivity index (χ1) is 20.5. The average molecular weight is 596 g/mol. The largest absolute Gasteiger partial charge is 0.507 e. The Balaban J connectivity index is 1.26. The van der Waals surface area contributed by atoms with E-state index in [1.807, 2.05) is 55.5 Å². The maximum Gasteiger partial charge on any atom is 0.302 e. The number of rotatable bonds is 9. The summed E-state index contributed by atoms with van der Waals surface area (Å²) in [5.74, 6) is -0.353. The van der Waals surface area contributed by atoms with Gasteiger partial charge in [-0.3, -0.25) is 14.5 Å². The molecule has 1 atom stereocenters.